The van der Waals surface area contributed by atoms with Gasteiger partial charge in [-0.25, -0.2) is 0 Å². The molecule has 3 aromatic rings. The maximum atomic E-state index is 12.5. The topological polar surface area (TPSA) is 89.3 Å². The number of thioether (sulfide) groups is 1. The van der Waals surface area contributed by atoms with Crippen LogP contribution in [-0.4, -0.2) is 31.5 Å². The number of aromatic nitrogens is 4. The van der Waals surface area contributed by atoms with Gasteiger partial charge in [0.1, 0.15) is 5.69 Å². The van der Waals surface area contributed by atoms with Gasteiger partial charge in [-0.05, 0) is 18.6 Å². The monoisotopic (exact) mass is 389 g/mol. The van der Waals surface area contributed by atoms with Crippen LogP contribution in [-0.2, 0) is 10.2 Å². The van der Waals surface area contributed by atoms with Crippen LogP contribution in [0, 0.1) is 6.92 Å². The Hall–Kier alpha value is -2.26. The van der Waals surface area contributed by atoms with Crippen molar-refractivity contribution in [1.29, 1.82) is 0 Å². The Kier molecular flexibility index (Phi) is 5.10. The van der Waals surface area contributed by atoms with Gasteiger partial charge < -0.3 is 5.32 Å². The van der Waals surface area contributed by atoms with E-state index in [0.29, 0.717) is 15.0 Å². The van der Waals surface area contributed by atoms with Crippen molar-refractivity contribution < 1.29 is 4.79 Å². The predicted octanol–water partition coefficient (Wildman–Crippen LogP) is 2.88. The van der Waals surface area contributed by atoms with E-state index in [9.17, 15) is 9.59 Å². The Labute approximate surface area is 158 Å². The second kappa shape index (κ2) is 7.16. The number of nitrogens with one attached hydrogen (secondary N) is 1. The average Bonchev–Trinajstić information content (AvgIpc) is 2.98. The van der Waals surface area contributed by atoms with E-state index in [-0.39, 0.29) is 17.2 Å². The Morgan fingerprint density at radius 2 is 2.00 bits per heavy atom. The summed E-state index contributed by atoms with van der Waals surface area (Å²) in [5, 5.41) is 15.3. The third kappa shape index (κ3) is 3.94. The van der Waals surface area contributed by atoms with Crippen LogP contribution in [0.2, 0.25) is 0 Å². The van der Waals surface area contributed by atoms with E-state index < -0.39 is 5.41 Å². The summed E-state index contributed by atoms with van der Waals surface area (Å²) in [7, 11) is 0. The molecule has 2 aromatic heterocycles. The molecule has 0 radical (unpaired) electrons. The highest BCUT2D eigenvalue weighted by Crippen LogP contribution is 2.24. The number of amides is 1. The molecule has 3 rings (SSSR count). The van der Waals surface area contributed by atoms with E-state index in [0.717, 1.165) is 11.3 Å². The number of benzene rings is 1. The molecule has 9 heteroatoms. The minimum absolute atomic E-state index is 0.127. The number of fused-ring (bicyclic) bond motifs is 1. The summed E-state index contributed by atoms with van der Waals surface area (Å²) in [6, 6.07) is 7.60. The number of rotatable bonds is 4. The molecule has 26 heavy (non-hydrogen) atoms. The Bertz CT molecular complexity index is 1020. The molecule has 136 valence electrons. The van der Waals surface area contributed by atoms with Gasteiger partial charge in [0.15, 0.2) is 4.34 Å². The molecule has 0 aliphatic heterocycles. The smallest absolute Gasteiger partial charge is 0.297 e. The first kappa shape index (κ1) is 18.5. The number of anilines is 1. The molecule has 0 aliphatic rings. The van der Waals surface area contributed by atoms with Gasteiger partial charge in [-0.1, -0.05) is 62.1 Å². The normalized spacial score (nSPS) is 11.7. The fourth-order valence-corrected chi connectivity index (χ4v) is 3.93. The summed E-state index contributed by atoms with van der Waals surface area (Å²) < 4.78 is 1.86. The van der Waals surface area contributed by atoms with Gasteiger partial charge in [0.2, 0.25) is 10.9 Å². The first-order chi connectivity index (χ1) is 12.3. The zero-order valence-corrected chi connectivity index (χ0v) is 16.6. The average molecular weight is 390 g/mol. The van der Waals surface area contributed by atoms with Crippen molar-refractivity contribution in [2.45, 2.75) is 37.4 Å². The van der Waals surface area contributed by atoms with Crippen molar-refractivity contribution in [3.63, 3.8) is 0 Å². The van der Waals surface area contributed by atoms with Crippen molar-refractivity contribution in [2.75, 3.05) is 11.1 Å². The summed E-state index contributed by atoms with van der Waals surface area (Å²) in [5.41, 5.74) is 1.49. The van der Waals surface area contributed by atoms with Gasteiger partial charge in [-0.15, -0.1) is 15.3 Å². The number of carbonyl (C=O) groups is 1. The van der Waals surface area contributed by atoms with Crippen molar-refractivity contribution >= 4 is 39.7 Å². The lowest BCUT2D eigenvalue weighted by Gasteiger charge is -2.14. The van der Waals surface area contributed by atoms with Crippen LogP contribution < -0.4 is 10.9 Å². The van der Waals surface area contributed by atoms with E-state index in [1.54, 1.807) is 0 Å². The molecular formula is C17H19N5O2S2. The van der Waals surface area contributed by atoms with E-state index in [1.807, 2.05) is 52.0 Å². The first-order valence-electron chi connectivity index (χ1n) is 8.01. The van der Waals surface area contributed by atoms with Gasteiger partial charge >= 0.3 is 0 Å². The van der Waals surface area contributed by atoms with Crippen LogP contribution in [0.4, 0.5) is 5.69 Å². The molecule has 1 amide bonds. The second-order valence-electron chi connectivity index (χ2n) is 6.82. The molecule has 0 fully saturated rings. The van der Waals surface area contributed by atoms with Crippen LogP contribution in [0.15, 0.2) is 33.4 Å². The number of aryl methyl sites for hydroxylation is 1. The largest absolute Gasteiger partial charge is 0.325 e. The summed E-state index contributed by atoms with van der Waals surface area (Å²) in [6.07, 6.45) is 0. The van der Waals surface area contributed by atoms with Gasteiger partial charge in [-0.3, -0.25) is 9.59 Å². The van der Waals surface area contributed by atoms with Gasteiger partial charge in [0, 0.05) is 11.1 Å². The fraction of sp³-hybridized carbons (Fsp3) is 0.353. The number of para-hydroxylation sites is 1. The zero-order chi connectivity index (χ0) is 18.9. The Morgan fingerprint density at radius 1 is 1.27 bits per heavy atom. The maximum absolute atomic E-state index is 12.5. The Balaban J connectivity index is 1.74. The van der Waals surface area contributed by atoms with Crippen LogP contribution in [0.1, 0.15) is 32.0 Å². The quantitative estimate of drug-likeness (QED) is 0.690. The summed E-state index contributed by atoms with van der Waals surface area (Å²) in [4.78, 5) is 25.1. The van der Waals surface area contributed by atoms with E-state index in [2.05, 4.69) is 20.6 Å². The van der Waals surface area contributed by atoms with Gasteiger partial charge in [0.25, 0.3) is 5.56 Å². The van der Waals surface area contributed by atoms with Gasteiger partial charge in [-0.2, -0.15) is 4.52 Å². The number of nitrogens with zero attached hydrogens (tertiary/aromatic N) is 4. The molecule has 0 saturated carbocycles. The van der Waals surface area contributed by atoms with E-state index in [4.69, 9.17) is 0 Å². The molecule has 0 spiro atoms. The third-order valence-corrected chi connectivity index (χ3v) is 5.66. The van der Waals surface area contributed by atoms with Crippen molar-refractivity contribution in [3.05, 3.63) is 45.9 Å². The standard InChI is InChI=1S/C17H19N5O2S2/c1-10-7-5-6-8-11(10)18-12(23)9-25-16-21-22-14(24)13(17(2,3)4)19-20-15(22)26-16/h5-8H,9H2,1-4H3,(H,18,23). The Morgan fingerprint density at radius 3 is 2.69 bits per heavy atom. The molecule has 0 atom stereocenters. The highest BCUT2D eigenvalue weighted by molar-refractivity contribution is 8.01. The molecule has 0 unspecified atom stereocenters. The highest BCUT2D eigenvalue weighted by Gasteiger charge is 2.23. The summed E-state index contributed by atoms with van der Waals surface area (Å²) >= 11 is 2.51. The summed E-state index contributed by atoms with van der Waals surface area (Å²) in [6.45, 7) is 7.66. The zero-order valence-electron chi connectivity index (χ0n) is 14.9. The lowest BCUT2D eigenvalue weighted by atomic mass is 9.93. The molecular weight excluding hydrogens is 370 g/mol. The minimum Gasteiger partial charge on any atom is -0.325 e. The number of hydrogen-bond donors (Lipinski definition) is 1. The molecule has 0 aliphatic carbocycles. The molecule has 0 saturated heterocycles. The predicted molar refractivity (Wildman–Crippen MR) is 104 cm³/mol. The van der Waals surface area contributed by atoms with Crippen LogP contribution in [0.5, 0.6) is 0 Å². The van der Waals surface area contributed by atoms with Crippen molar-refractivity contribution in [1.82, 2.24) is 19.8 Å². The second-order valence-corrected chi connectivity index (χ2v) is 9.00. The van der Waals surface area contributed by atoms with Crippen molar-refractivity contribution in [3.8, 4) is 0 Å². The first-order valence-corrected chi connectivity index (χ1v) is 9.81. The third-order valence-electron chi connectivity index (χ3n) is 3.63. The lowest BCUT2D eigenvalue weighted by Crippen LogP contribution is -2.30. The number of hydrogen-bond acceptors (Lipinski definition) is 7. The highest BCUT2D eigenvalue weighted by atomic mass is 32.2. The van der Waals surface area contributed by atoms with Crippen LogP contribution in [0.3, 0.4) is 0 Å². The fourth-order valence-electron chi connectivity index (χ4n) is 2.25. The van der Waals surface area contributed by atoms with Crippen LogP contribution >= 0.6 is 23.1 Å². The molecule has 1 aromatic carbocycles. The van der Waals surface area contributed by atoms with E-state index in [1.165, 1.54) is 27.6 Å². The molecule has 7 nitrogen and oxygen atoms in total. The SMILES string of the molecule is Cc1ccccc1NC(=O)CSc1nn2c(=O)c(C(C)(C)C)nnc2s1. The molecule has 2 heterocycles. The summed E-state index contributed by atoms with van der Waals surface area (Å²) in [5.74, 6) is 0.0695. The lowest BCUT2D eigenvalue weighted by molar-refractivity contribution is -0.113. The van der Waals surface area contributed by atoms with Gasteiger partial charge in [0.05, 0.1) is 5.75 Å². The number of carbonyl (C=O) groups excluding carboxylic acids is 1. The van der Waals surface area contributed by atoms with Crippen LogP contribution in [0.25, 0.3) is 4.96 Å². The molecule has 1 N–H and O–H groups in total. The van der Waals surface area contributed by atoms with Crippen molar-refractivity contribution in [2.24, 2.45) is 0 Å². The molecule has 0 bridgehead atoms. The minimum atomic E-state index is -0.407. The van der Waals surface area contributed by atoms with E-state index >= 15 is 0 Å². The maximum Gasteiger partial charge on any atom is 0.297 e.